The second kappa shape index (κ2) is 6.04. The number of pyridine rings is 1. The van der Waals surface area contributed by atoms with Crippen molar-refractivity contribution >= 4 is 0 Å². The van der Waals surface area contributed by atoms with Gasteiger partial charge in [-0.3, -0.25) is 9.88 Å². The maximum absolute atomic E-state index is 12.5. The highest BCUT2D eigenvalue weighted by Gasteiger charge is 2.39. The molecule has 0 aromatic carbocycles. The van der Waals surface area contributed by atoms with E-state index in [0.29, 0.717) is 12.8 Å². The summed E-state index contributed by atoms with van der Waals surface area (Å²) in [4.78, 5) is 6.32. The fourth-order valence-corrected chi connectivity index (χ4v) is 2.60. The van der Waals surface area contributed by atoms with E-state index < -0.39 is 12.1 Å². The summed E-state index contributed by atoms with van der Waals surface area (Å²) in [6.07, 6.45) is 0.384. The Kier molecular flexibility index (Phi) is 4.10. The summed E-state index contributed by atoms with van der Waals surface area (Å²) in [6, 6.07) is 3.89. The van der Waals surface area contributed by atoms with Gasteiger partial charge in [-0.2, -0.15) is 13.2 Å². The number of likely N-dealkylation sites (tertiary alicyclic amines) is 1. The van der Waals surface area contributed by atoms with E-state index in [1.807, 2.05) is 18.3 Å². The standard InChI is InChI=1S/C14H15F3N4O/c15-14(16,17)13-20-19-12(22-13)11-3-6-21(7-4-11)9-10-2-1-5-18-8-10/h1-2,5,8,11H,3-4,6-7,9H2. The molecule has 1 fully saturated rings. The van der Waals surface area contributed by atoms with Crippen molar-refractivity contribution in [2.75, 3.05) is 13.1 Å². The molecule has 2 aromatic rings. The van der Waals surface area contributed by atoms with Gasteiger partial charge in [0.15, 0.2) is 0 Å². The van der Waals surface area contributed by atoms with E-state index in [-0.39, 0.29) is 11.8 Å². The predicted molar refractivity (Wildman–Crippen MR) is 70.8 cm³/mol. The third-order valence-electron chi connectivity index (χ3n) is 3.75. The molecule has 2 aromatic heterocycles. The van der Waals surface area contributed by atoms with E-state index in [1.54, 1.807) is 6.20 Å². The molecule has 1 aliphatic heterocycles. The molecule has 118 valence electrons. The van der Waals surface area contributed by atoms with Crippen molar-refractivity contribution in [1.82, 2.24) is 20.1 Å². The molecule has 0 saturated carbocycles. The minimum Gasteiger partial charge on any atom is -0.417 e. The lowest BCUT2D eigenvalue weighted by molar-refractivity contribution is -0.157. The summed E-state index contributed by atoms with van der Waals surface area (Å²) in [5.41, 5.74) is 1.12. The van der Waals surface area contributed by atoms with Gasteiger partial charge in [0.1, 0.15) is 0 Å². The van der Waals surface area contributed by atoms with Crippen molar-refractivity contribution in [3.8, 4) is 0 Å². The predicted octanol–water partition coefficient (Wildman–Crippen LogP) is 2.86. The summed E-state index contributed by atoms with van der Waals surface area (Å²) < 4.78 is 42.2. The number of halogens is 3. The Morgan fingerprint density at radius 2 is 2.00 bits per heavy atom. The van der Waals surface area contributed by atoms with Crippen LogP contribution in [0.3, 0.4) is 0 Å². The Bertz CT molecular complexity index is 606. The quantitative estimate of drug-likeness (QED) is 0.872. The fraction of sp³-hybridized carbons (Fsp3) is 0.500. The normalized spacial score (nSPS) is 17.8. The molecule has 3 heterocycles. The lowest BCUT2D eigenvalue weighted by Gasteiger charge is -2.30. The minimum absolute atomic E-state index is 0.0911. The molecule has 0 radical (unpaired) electrons. The highest BCUT2D eigenvalue weighted by Crippen LogP contribution is 2.32. The molecule has 5 nitrogen and oxygen atoms in total. The maximum atomic E-state index is 12.5. The number of nitrogens with zero attached hydrogens (tertiary/aromatic N) is 4. The number of alkyl halides is 3. The van der Waals surface area contributed by atoms with Crippen LogP contribution in [0.4, 0.5) is 13.2 Å². The monoisotopic (exact) mass is 312 g/mol. The smallest absolute Gasteiger partial charge is 0.417 e. The molecular formula is C14H15F3N4O. The van der Waals surface area contributed by atoms with Crippen molar-refractivity contribution in [2.45, 2.75) is 31.5 Å². The first-order valence-electron chi connectivity index (χ1n) is 7.04. The van der Waals surface area contributed by atoms with Crippen LogP contribution in [0.2, 0.25) is 0 Å². The van der Waals surface area contributed by atoms with Crippen molar-refractivity contribution in [2.24, 2.45) is 0 Å². The molecule has 1 saturated heterocycles. The lowest BCUT2D eigenvalue weighted by atomic mass is 9.96. The zero-order chi connectivity index (χ0) is 15.6. The first kappa shape index (κ1) is 15.0. The van der Waals surface area contributed by atoms with Crippen LogP contribution in [-0.2, 0) is 12.7 Å². The number of hydrogen-bond acceptors (Lipinski definition) is 5. The lowest BCUT2D eigenvalue weighted by Crippen LogP contribution is -2.32. The van der Waals surface area contributed by atoms with Crippen molar-refractivity contribution in [3.05, 3.63) is 41.9 Å². The molecule has 0 bridgehead atoms. The SMILES string of the molecule is FC(F)(F)c1nnc(C2CCN(Cc3cccnc3)CC2)o1. The highest BCUT2D eigenvalue weighted by molar-refractivity contribution is 5.08. The second-order valence-electron chi connectivity index (χ2n) is 5.35. The summed E-state index contributed by atoms with van der Waals surface area (Å²) in [5, 5.41) is 6.64. The van der Waals surface area contributed by atoms with Gasteiger partial charge in [0.2, 0.25) is 5.89 Å². The van der Waals surface area contributed by atoms with Crippen LogP contribution in [0.15, 0.2) is 28.9 Å². The van der Waals surface area contributed by atoms with Gasteiger partial charge in [-0.25, -0.2) is 0 Å². The molecule has 1 aliphatic rings. The molecule has 22 heavy (non-hydrogen) atoms. The molecule has 0 unspecified atom stereocenters. The van der Waals surface area contributed by atoms with Gasteiger partial charge in [0, 0.05) is 24.9 Å². The summed E-state index contributed by atoms with van der Waals surface area (Å²) >= 11 is 0. The van der Waals surface area contributed by atoms with Crippen molar-refractivity contribution in [3.63, 3.8) is 0 Å². The average Bonchev–Trinajstić information content (AvgIpc) is 2.99. The summed E-state index contributed by atoms with van der Waals surface area (Å²) in [6.45, 7) is 2.35. The van der Waals surface area contributed by atoms with Crippen molar-refractivity contribution < 1.29 is 17.6 Å². The van der Waals surface area contributed by atoms with E-state index in [2.05, 4.69) is 20.1 Å². The van der Waals surface area contributed by atoms with Gasteiger partial charge in [-0.1, -0.05) is 6.07 Å². The Morgan fingerprint density at radius 1 is 1.23 bits per heavy atom. The largest absolute Gasteiger partial charge is 0.470 e. The molecule has 0 aliphatic carbocycles. The van der Waals surface area contributed by atoms with E-state index in [0.717, 1.165) is 25.2 Å². The fourth-order valence-electron chi connectivity index (χ4n) is 2.60. The number of aromatic nitrogens is 3. The summed E-state index contributed by atoms with van der Waals surface area (Å²) in [7, 11) is 0. The van der Waals surface area contributed by atoms with Crippen LogP contribution >= 0.6 is 0 Å². The first-order valence-corrected chi connectivity index (χ1v) is 7.04. The van der Waals surface area contributed by atoms with Crippen molar-refractivity contribution in [1.29, 1.82) is 0 Å². The topological polar surface area (TPSA) is 55.1 Å². The Morgan fingerprint density at radius 3 is 2.59 bits per heavy atom. The Balaban J connectivity index is 1.56. The molecule has 0 amide bonds. The summed E-state index contributed by atoms with van der Waals surface area (Å²) in [5.74, 6) is -1.28. The molecule has 0 spiro atoms. The minimum atomic E-state index is -4.58. The molecule has 0 atom stereocenters. The average molecular weight is 312 g/mol. The van der Waals surface area contributed by atoms with Crippen LogP contribution < -0.4 is 0 Å². The zero-order valence-electron chi connectivity index (χ0n) is 11.8. The zero-order valence-corrected chi connectivity index (χ0v) is 11.8. The van der Waals surface area contributed by atoms with Crippen LogP contribution in [0.25, 0.3) is 0 Å². The molecule has 0 N–H and O–H groups in total. The highest BCUT2D eigenvalue weighted by atomic mass is 19.4. The van der Waals surface area contributed by atoms with E-state index in [4.69, 9.17) is 4.42 Å². The van der Waals surface area contributed by atoms with Crippen LogP contribution in [0, 0.1) is 0 Å². The number of rotatable bonds is 3. The van der Waals surface area contributed by atoms with E-state index >= 15 is 0 Å². The third-order valence-corrected chi connectivity index (χ3v) is 3.75. The van der Waals surface area contributed by atoms with Gasteiger partial charge in [0.25, 0.3) is 0 Å². The van der Waals surface area contributed by atoms with Crippen LogP contribution in [0.1, 0.15) is 36.1 Å². The molecule has 8 heteroatoms. The van der Waals surface area contributed by atoms with Crippen LogP contribution in [-0.4, -0.2) is 33.2 Å². The van der Waals surface area contributed by atoms with E-state index in [9.17, 15) is 13.2 Å². The first-order chi connectivity index (χ1) is 10.5. The molecule has 3 rings (SSSR count). The van der Waals surface area contributed by atoms with Gasteiger partial charge in [-0.15, -0.1) is 10.2 Å². The van der Waals surface area contributed by atoms with E-state index in [1.165, 1.54) is 0 Å². The Labute approximate surface area is 125 Å². The maximum Gasteiger partial charge on any atom is 0.470 e. The third kappa shape index (κ3) is 3.44. The second-order valence-corrected chi connectivity index (χ2v) is 5.35. The molecular weight excluding hydrogens is 297 g/mol. The van der Waals surface area contributed by atoms with Gasteiger partial charge >= 0.3 is 12.1 Å². The number of piperidine rings is 1. The van der Waals surface area contributed by atoms with Crippen LogP contribution in [0.5, 0.6) is 0 Å². The Hall–Kier alpha value is -1.96. The van der Waals surface area contributed by atoms with Gasteiger partial charge in [0.05, 0.1) is 0 Å². The number of hydrogen-bond donors (Lipinski definition) is 0. The van der Waals surface area contributed by atoms with Gasteiger partial charge in [-0.05, 0) is 37.6 Å². The van der Waals surface area contributed by atoms with Gasteiger partial charge < -0.3 is 4.42 Å².